The summed E-state index contributed by atoms with van der Waals surface area (Å²) in [6, 6.07) is 0. The van der Waals surface area contributed by atoms with Crippen LogP contribution in [0.5, 0.6) is 0 Å². The molecule has 4 heteroatoms. The Balaban J connectivity index is 2.29. The Morgan fingerprint density at radius 3 is 2.77 bits per heavy atom. The zero-order valence-corrected chi connectivity index (χ0v) is 9.74. The molecule has 2 unspecified atom stereocenters. The monoisotopic (exact) mass is 292 g/mol. The van der Waals surface area contributed by atoms with Crippen molar-refractivity contribution in [1.29, 1.82) is 0 Å². The average molecular weight is 292 g/mol. The number of anilines is 1. The molecule has 0 bridgehead atoms. The summed E-state index contributed by atoms with van der Waals surface area (Å²) in [5, 5.41) is 3.79. The molecule has 0 spiro atoms. The average Bonchev–Trinajstić information content (AvgIpc) is 2.62. The van der Waals surface area contributed by atoms with E-state index in [9.17, 15) is 0 Å². The van der Waals surface area contributed by atoms with Crippen molar-refractivity contribution < 1.29 is 4.52 Å². The highest BCUT2D eigenvalue weighted by molar-refractivity contribution is 14.1. The van der Waals surface area contributed by atoms with Crippen molar-refractivity contribution in [3.63, 3.8) is 0 Å². The third kappa shape index (κ3) is 1.56. The summed E-state index contributed by atoms with van der Waals surface area (Å²) in [5.74, 6) is 2.79. The normalized spacial score (nSPS) is 28.2. The molecule has 1 heterocycles. The number of nitrogens with two attached hydrogens (primary N) is 1. The van der Waals surface area contributed by atoms with Crippen LogP contribution in [0.1, 0.15) is 37.9 Å². The van der Waals surface area contributed by atoms with Crippen LogP contribution in [0.4, 0.5) is 5.82 Å². The number of nitrogen functional groups attached to an aromatic ring is 1. The van der Waals surface area contributed by atoms with Gasteiger partial charge >= 0.3 is 0 Å². The summed E-state index contributed by atoms with van der Waals surface area (Å²) >= 11 is 2.22. The van der Waals surface area contributed by atoms with Crippen LogP contribution >= 0.6 is 22.6 Å². The Labute approximate surface area is 91.2 Å². The number of hydrogen-bond donors (Lipinski definition) is 1. The van der Waals surface area contributed by atoms with Crippen molar-refractivity contribution in [3.8, 4) is 0 Å². The first-order valence-corrected chi connectivity index (χ1v) is 5.68. The predicted octanol–water partition coefficient (Wildman–Crippen LogP) is 2.77. The summed E-state index contributed by atoms with van der Waals surface area (Å²) in [7, 11) is 0. The van der Waals surface area contributed by atoms with Crippen LogP contribution < -0.4 is 5.73 Å². The highest BCUT2D eigenvalue weighted by atomic mass is 127. The van der Waals surface area contributed by atoms with E-state index >= 15 is 0 Å². The largest absolute Gasteiger partial charge is 0.380 e. The van der Waals surface area contributed by atoms with E-state index in [1.807, 2.05) is 0 Å². The van der Waals surface area contributed by atoms with Gasteiger partial charge in [0.15, 0.2) is 11.6 Å². The zero-order valence-electron chi connectivity index (χ0n) is 7.59. The number of halogens is 1. The lowest BCUT2D eigenvalue weighted by Gasteiger charge is -2.11. The Morgan fingerprint density at radius 2 is 2.31 bits per heavy atom. The summed E-state index contributed by atoms with van der Waals surface area (Å²) in [6.07, 6.45) is 3.80. The van der Waals surface area contributed by atoms with Crippen molar-refractivity contribution in [2.75, 3.05) is 5.73 Å². The number of hydrogen-bond acceptors (Lipinski definition) is 3. The van der Waals surface area contributed by atoms with Gasteiger partial charge in [0.1, 0.15) is 0 Å². The van der Waals surface area contributed by atoms with Crippen LogP contribution in [0.3, 0.4) is 0 Å². The van der Waals surface area contributed by atoms with Crippen LogP contribution in [0.25, 0.3) is 0 Å². The van der Waals surface area contributed by atoms with E-state index in [0.29, 0.717) is 17.7 Å². The van der Waals surface area contributed by atoms with E-state index in [4.69, 9.17) is 10.3 Å². The first kappa shape index (κ1) is 9.30. The molecule has 2 atom stereocenters. The molecule has 3 nitrogen and oxygen atoms in total. The van der Waals surface area contributed by atoms with E-state index in [1.165, 1.54) is 19.3 Å². The number of nitrogens with zero attached hydrogens (tertiary/aromatic N) is 1. The minimum absolute atomic E-state index is 0.537. The highest BCUT2D eigenvalue weighted by Crippen LogP contribution is 2.41. The number of rotatable bonds is 1. The van der Waals surface area contributed by atoms with E-state index in [0.717, 1.165) is 9.33 Å². The third-order valence-corrected chi connectivity index (χ3v) is 3.97. The fraction of sp³-hybridized carbons (Fsp3) is 0.667. The smallest absolute Gasteiger partial charge is 0.180 e. The van der Waals surface area contributed by atoms with Gasteiger partial charge in [0.25, 0.3) is 0 Å². The molecule has 0 aliphatic heterocycles. The second kappa shape index (κ2) is 3.48. The van der Waals surface area contributed by atoms with Gasteiger partial charge in [-0.3, -0.25) is 0 Å². The SMILES string of the molecule is CC1CCCC1c1onc(N)c1I. The molecule has 0 aromatic carbocycles. The van der Waals surface area contributed by atoms with Crippen molar-refractivity contribution in [3.05, 3.63) is 9.33 Å². The summed E-state index contributed by atoms with van der Waals surface area (Å²) in [6.45, 7) is 2.27. The van der Waals surface area contributed by atoms with Crippen LogP contribution in [0, 0.1) is 9.49 Å². The van der Waals surface area contributed by atoms with Gasteiger partial charge in [0.2, 0.25) is 0 Å². The molecule has 1 fully saturated rings. The standard InChI is InChI=1S/C9H13IN2O/c1-5-3-2-4-6(5)8-7(10)9(11)12-13-8/h5-6H,2-4H2,1H3,(H2,11,12). The van der Waals surface area contributed by atoms with Gasteiger partial charge in [-0.2, -0.15) is 0 Å². The van der Waals surface area contributed by atoms with Crippen LogP contribution in [0.15, 0.2) is 4.52 Å². The lowest BCUT2D eigenvalue weighted by Crippen LogP contribution is -2.02. The molecular weight excluding hydrogens is 279 g/mol. The maximum atomic E-state index is 5.64. The molecule has 0 amide bonds. The maximum Gasteiger partial charge on any atom is 0.180 e. The first-order valence-electron chi connectivity index (χ1n) is 4.60. The predicted molar refractivity (Wildman–Crippen MR) is 59.4 cm³/mol. The summed E-state index contributed by atoms with van der Waals surface area (Å²) in [4.78, 5) is 0. The minimum atomic E-state index is 0.537. The molecular formula is C9H13IN2O. The fourth-order valence-electron chi connectivity index (χ4n) is 2.07. The third-order valence-electron chi connectivity index (χ3n) is 2.88. The second-order valence-electron chi connectivity index (χ2n) is 3.76. The Morgan fingerprint density at radius 1 is 1.54 bits per heavy atom. The molecule has 13 heavy (non-hydrogen) atoms. The molecule has 0 radical (unpaired) electrons. The van der Waals surface area contributed by atoms with Gasteiger partial charge in [0, 0.05) is 5.92 Å². The molecule has 1 aliphatic rings. The molecule has 2 N–H and O–H groups in total. The Hall–Kier alpha value is -0.260. The molecule has 1 aromatic heterocycles. The molecule has 2 rings (SSSR count). The lowest BCUT2D eigenvalue weighted by molar-refractivity contribution is 0.338. The first-order chi connectivity index (χ1) is 6.20. The molecule has 1 aliphatic carbocycles. The lowest BCUT2D eigenvalue weighted by atomic mass is 9.96. The Kier molecular flexibility index (Phi) is 2.49. The van der Waals surface area contributed by atoms with Gasteiger partial charge in [-0.1, -0.05) is 18.5 Å². The summed E-state index contributed by atoms with van der Waals surface area (Å²) in [5.41, 5.74) is 5.64. The van der Waals surface area contributed by atoms with E-state index < -0.39 is 0 Å². The zero-order chi connectivity index (χ0) is 9.42. The Bertz CT molecular complexity index is 311. The van der Waals surface area contributed by atoms with Crippen molar-refractivity contribution in [1.82, 2.24) is 5.16 Å². The molecule has 1 aromatic rings. The molecule has 0 saturated heterocycles. The second-order valence-corrected chi connectivity index (χ2v) is 4.84. The molecule has 1 saturated carbocycles. The maximum absolute atomic E-state index is 5.64. The van der Waals surface area contributed by atoms with Gasteiger partial charge in [-0.05, 0) is 41.4 Å². The fourth-order valence-corrected chi connectivity index (χ4v) is 2.67. The van der Waals surface area contributed by atoms with Crippen molar-refractivity contribution in [2.24, 2.45) is 5.92 Å². The topological polar surface area (TPSA) is 52.0 Å². The van der Waals surface area contributed by atoms with Gasteiger partial charge in [0.05, 0.1) is 3.57 Å². The number of aromatic nitrogens is 1. The van der Waals surface area contributed by atoms with E-state index in [2.05, 4.69) is 34.7 Å². The minimum Gasteiger partial charge on any atom is -0.380 e. The van der Waals surface area contributed by atoms with Crippen LogP contribution in [0.2, 0.25) is 0 Å². The van der Waals surface area contributed by atoms with E-state index in [-0.39, 0.29) is 0 Å². The van der Waals surface area contributed by atoms with Crippen LogP contribution in [-0.4, -0.2) is 5.16 Å². The molecule has 72 valence electrons. The quantitative estimate of drug-likeness (QED) is 0.810. The van der Waals surface area contributed by atoms with Gasteiger partial charge in [-0.15, -0.1) is 0 Å². The summed E-state index contributed by atoms with van der Waals surface area (Å²) < 4.78 is 6.28. The van der Waals surface area contributed by atoms with Crippen molar-refractivity contribution in [2.45, 2.75) is 32.1 Å². The highest BCUT2D eigenvalue weighted by Gasteiger charge is 2.30. The van der Waals surface area contributed by atoms with E-state index in [1.54, 1.807) is 0 Å². The van der Waals surface area contributed by atoms with Crippen molar-refractivity contribution >= 4 is 28.4 Å². The van der Waals surface area contributed by atoms with Crippen LogP contribution in [-0.2, 0) is 0 Å². The van der Waals surface area contributed by atoms with Gasteiger partial charge in [-0.25, -0.2) is 0 Å². The van der Waals surface area contributed by atoms with Gasteiger partial charge < -0.3 is 10.3 Å².